The van der Waals surface area contributed by atoms with Crippen molar-refractivity contribution in [3.8, 4) is 11.5 Å². The minimum absolute atomic E-state index is 0.0657. The molecule has 2 aliphatic heterocycles. The zero-order valence-electron chi connectivity index (χ0n) is 21.7. The van der Waals surface area contributed by atoms with Crippen molar-refractivity contribution >= 4 is 38.7 Å². The van der Waals surface area contributed by atoms with Gasteiger partial charge < -0.3 is 24.3 Å². The summed E-state index contributed by atoms with van der Waals surface area (Å²) in [6.07, 6.45) is -0.596. The molecule has 11 nitrogen and oxygen atoms in total. The Morgan fingerprint density at radius 3 is 2.62 bits per heavy atom. The van der Waals surface area contributed by atoms with Crippen LogP contribution in [0.15, 0.2) is 24.4 Å². The highest BCUT2D eigenvalue weighted by atomic mass is 32.2. The summed E-state index contributed by atoms with van der Waals surface area (Å²) in [5.41, 5.74) is -5.94. The van der Waals surface area contributed by atoms with Gasteiger partial charge in [-0.1, -0.05) is 0 Å². The van der Waals surface area contributed by atoms with Crippen LogP contribution in [-0.4, -0.2) is 79.4 Å². The lowest BCUT2D eigenvalue weighted by atomic mass is 9.96. The van der Waals surface area contributed by atoms with E-state index < -0.39 is 70.1 Å². The predicted molar refractivity (Wildman–Crippen MR) is 134 cm³/mol. The topological polar surface area (TPSA) is 136 Å². The standard InChI is InChI=1S/C24H28F4N4O7S/c1-23(2,3)38-22(34)32-7-6-14-9-18(32)21(33)30-10-13(25)12-37-20-16-8-15(31-14)11-29-17(16)4-5-19(20)39-40(35,36)24(26,27)28/h4-5,8,11,13-14,18,31H,6-7,9-10,12H2,1-3H3,(H,30,33)/t13?,14-,18-/m0/s1. The largest absolute Gasteiger partial charge is 0.534 e. The lowest BCUT2D eigenvalue weighted by Gasteiger charge is -2.39. The first-order valence-corrected chi connectivity index (χ1v) is 13.7. The van der Waals surface area contributed by atoms with E-state index in [1.807, 2.05) is 0 Å². The lowest BCUT2D eigenvalue weighted by molar-refractivity contribution is -0.128. The molecule has 2 N–H and O–H groups in total. The van der Waals surface area contributed by atoms with Crippen LogP contribution in [0.3, 0.4) is 0 Å². The smallest absolute Gasteiger partial charge is 0.486 e. The molecule has 3 atom stereocenters. The molecule has 220 valence electrons. The molecule has 1 fully saturated rings. The van der Waals surface area contributed by atoms with Crippen molar-refractivity contribution in [1.29, 1.82) is 0 Å². The number of piperidine rings is 1. The Morgan fingerprint density at radius 1 is 1.23 bits per heavy atom. The van der Waals surface area contributed by atoms with Gasteiger partial charge in [0.2, 0.25) is 5.91 Å². The highest BCUT2D eigenvalue weighted by molar-refractivity contribution is 7.88. The number of anilines is 1. The maximum absolute atomic E-state index is 14.8. The number of rotatable bonds is 2. The van der Waals surface area contributed by atoms with Crippen molar-refractivity contribution in [3.05, 3.63) is 24.4 Å². The van der Waals surface area contributed by atoms with Crippen molar-refractivity contribution < 1.29 is 49.2 Å². The first-order chi connectivity index (χ1) is 18.5. The van der Waals surface area contributed by atoms with Gasteiger partial charge in [0.15, 0.2) is 17.7 Å². The Kier molecular flexibility index (Phi) is 7.93. The van der Waals surface area contributed by atoms with Crippen molar-refractivity contribution in [2.75, 3.05) is 25.0 Å². The molecule has 1 unspecified atom stereocenters. The van der Waals surface area contributed by atoms with E-state index in [0.29, 0.717) is 12.1 Å². The van der Waals surface area contributed by atoms with Crippen LogP contribution in [0.5, 0.6) is 11.5 Å². The van der Waals surface area contributed by atoms with Gasteiger partial charge in [0.1, 0.15) is 18.2 Å². The molecular weight excluding hydrogens is 564 g/mol. The quantitative estimate of drug-likeness (QED) is 0.305. The van der Waals surface area contributed by atoms with Crippen molar-refractivity contribution in [3.63, 3.8) is 0 Å². The molecule has 0 aliphatic carbocycles. The number of halogens is 4. The minimum atomic E-state index is -6.06. The molecule has 3 heterocycles. The van der Waals surface area contributed by atoms with Crippen LogP contribution < -0.4 is 19.6 Å². The maximum Gasteiger partial charge on any atom is 0.534 e. The van der Waals surface area contributed by atoms with Crippen LogP contribution in [0, 0.1) is 0 Å². The molecule has 2 aromatic rings. The van der Waals surface area contributed by atoms with Crippen LogP contribution in [0.25, 0.3) is 10.9 Å². The van der Waals surface area contributed by atoms with E-state index in [0.717, 1.165) is 6.07 Å². The summed E-state index contributed by atoms with van der Waals surface area (Å²) < 4.78 is 92.4. The van der Waals surface area contributed by atoms with Crippen molar-refractivity contribution in [2.45, 2.75) is 63.0 Å². The number of pyridine rings is 1. The van der Waals surface area contributed by atoms with Crippen LogP contribution in [-0.2, 0) is 19.6 Å². The molecule has 1 saturated heterocycles. The molecule has 40 heavy (non-hydrogen) atoms. The van der Waals surface area contributed by atoms with E-state index in [2.05, 4.69) is 19.8 Å². The number of alkyl halides is 4. The highest BCUT2D eigenvalue weighted by Gasteiger charge is 2.49. The van der Waals surface area contributed by atoms with Gasteiger partial charge in [0.05, 0.1) is 23.9 Å². The zero-order valence-corrected chi connectivity index (χ0v) is 22.6. The molecular formula is C24H28F4N4O7S. The predicted octanol–water partition coefficient (Wildman–Crippen LogP) is 3.49. The van der Waals surface area contributed by atoms with Gasteiger partial charge in [0, 0.05) is 18.0 Å². The molecule has 1 aromatic carbocycles. The third-order valence-electron chi connectivity index (χ3n) is 6.07. The van der Waals surface area contributed by atoms with E-state index >= 15 is 0 Å². The van der Waals surface area contributed by atoms with Gasteiger partial charge >= 0.3 is 21.7 Å². The van der Waals surface area contributed by atoms with Gasteiger partial charge in [-0.25, -0.2) is 9.18 Å². The fourth-order valence-corrected chi connectivity index (χ4v) is 4.76. The number of nitrogens with one attached hydrogen (secondary N) is 2. The monoisotopic (exact) mass is 592 g/mol. The fraction of sp³-hybridized carbons (Fsp3) is 0.542. The molecule has 0 spiro atoms. The summed E-state index contributed by atoms with van der Waals surface area (Å²) in [4.78, 5) is 31.4. The Hall–Kier alpha value is -3.56. The summed E-state index contributed by atoms with van der Waals surface area (Å²) >= 11 is 0. The molecule has 4 rings (SSSR count). The lowest BCUT2D eigenvalue weighted by Crippen LogP contribution is -2.57. The Morgan fingerprint density at radius 2 is 1.95 bits per heavy atom. The number of nitrogens with zero attached hydrogens (tertiary/aromatic N) is 2. The van der Waals surface area contributed by atoms with Gasteiger partial charge in [-0.15, -0.1) is 0 Å². The number of likely N-dealkylation sites (tertiary alicyclic amines) is 1. The third kappa shape index (κ3) is 6.59. The fourth-order valence-electron chi connectivity index (χ4n) is 4.29. The number of aromatic nitrogens is 1. The van der Waals surface area contributed by atoms with E-state index in [1.165, 1.54) is 23.2 Å². The Balaban J connectivity index is 1.71. The van der Waals surface area contributed by atoms with E-state index in [-0.39, 0.29) is 29.9 Å². The number of hydrogen-bond acceptors (Lipinski definition) is 9. The molecule has 4 bridgehead atoms. The molecule has 0 saturated carbocycles. The summed E-state index contributed by atoms with van der Waals surface area (Å²) in [6.45, 7) is 3.89. The normalized spacial score (nSPS) is 22.5. The number of amides is 2. The summed E-state index contributed by atoms with van der Waals surface area (Å²) in [7, 11) is -6.06. The SMILES string of the molecule is CC(C)(C)OC(=O)N1CC[C@H]2C[C@H]1C(=O)NCC(F)COc1c(OS(=O)(=O)C(F)(F)F)ccc3ncc(cc13)N2. The van der Waals surface area contributed by atoms with Crippen LogP contribution in [0.2, 0.25) is 0 Å². The average molecular weight is 593 g/mol. The first kappa shape index (κ1) is 29.4. The van der Waals surface area contributed by atoms with E-state index in [1.54, 1.807) is 20.8 Å². The highest BCUT2D eigenvalue weighted by Crippen LogP contribution is 2.39. The molecule has 2 aliphatic rings. The number of ether oxygens (including phenoxy) is 2. The first-order valence-electron chi connectivity index (χ1n) is 12.3. The summed E-state index contributed by atoms with van der Waals surface area (Å²) in [5.74, 6) is -1.91. The second-order valence-electron chi connectivity index (χ2n) is 10.4. The second kappa shape index (κ2) is 10.8. The van der Waals surface area contributed by atoms with Gasteiger partial charge in [-0.2, -0.15) is 21.6 Å². The van der Waals surface area contributed by atoms with Gasteiger partial charge in [-0.3, -0.25) is 14.7 Å². The number of carbonyl (C=O) groups is 2. The number of benzene rings is 1. The van der Waals surface area contributed by atoms with Crippen molar-refractivity contribution in [2.24, 2.45) is 0 Å². The van der Waals surface area contributed by atoms with E-state index in [9.17, 15) is 35.6 Å². The Labute approximate surface area is 227 Å². The van der Waals surface area contributed by atoms with Gasteiger partial charge in [0.25, 0.3) is 0 Å². The Bertz CT molecular complexity index is 1400. The maximum atomic E-state index is 14.8. The number of carbonyl (C=O) groups excluding carboxylic acids is 2. The van der Waals surface area contributed by atoms with Crippen LogP contribution in [0.1, 0.15) is 33.6 Å². The number of fused-ring (bicyclic) bond motifs is 3. The molecule has 0 radical (unpaired) electrons. The molecule has 1 aromatic heterocycles. The average Bonchev–Trinajstić information content (AvgIpc) is 2.84. The van der Waals surface area contributed by atoms with Crippen molar-refractivity contribution in [1.82, 2.24) is 15.2 Å². The van der Waals surface area contributed by atoms with Crippen LogP contribution >= 0.6 is 0 Å². The molecule has 16 heteroatoms. The van der Waals surface area contributed by atoms with Crippen LogP contribution in [0.4, 0.5) is 28.0 Å². The minimum Gasteiger partial charge on any atom is -0.486 e. The zero-order chi connectivity index (χ0) is 29.5. The third-order valence-corrected chi connectivity index (χ3v) is 7.04. The molecule has 2 amide bonds. The van der Waals surface area contributed by atoms with E-state index in [4.69, 9.17) is 9.47 Å². The van der Waals surface area contributed by atoms with Gasteiger partial charge in [-0.05, 0) is 51.8 Å². The summed E-state index contributed by atoms with van der Waals surface area (Å²) in [5, 5.41) is 5.69. The second-order valence-corrected chi connectivity index (χ2v) is 11.9. The summed E-state index contributed by atoms with van der Waals surface area (Å²) in [6, 6.07) is 2.26. The number of hydrogen-bond donors (Lipinski definition) is 2.